The lowest BCUT2D eigenvalue weighted by Gasteiger charge is -2.35. The highest BCUT2D eigenvalue weighted by Gasteiger charge is 2.37. The first-order chi connectivity index (χ1) is 10.7. The number of hydrogen-bond donors (Lipinski definition) is 0. The number of benzene rings is 1. The second kappa shape index (κ2) is 5.17. The molecule has 0 spiro atoms. The average molecular weight is 303 g/mol. The number of fused-ring (bicyclic) bond motifs is 2. The monoisotopic (exact) mass is 303 g/mol. The molecule has 0 N–H and O–H groups in total. The third-order valence-corrected chi connectivity index (χ3v) is 4.41. The fourth-order valence-electron chi connectivity index (χ4n) is 3.22. The minimum atomic E-state index is -0.320. The molecule has 2 aliphatic rings. The highest BCUT2D eigenvalue weighted by atomic mass is 16.6. The lowest BCUT2D eigenvalue weighted by atomic mass is 10.2. The SMILES string of the molecule is O=C1OCC2CN(CCn3c(=O)oc4ccccc43)CCN12. The highest BCUT2D eigenvalue weighted by Crippen LogP contribution is 2.18. The van der Waals surface area contributed by atoms with Crippen molar-refractivity contribution >= 4 is 17.2 Å². The van der Waals surface area contributed by atoms with Crippen LogP contribution in [0, 0.1) is 0 Å². The predicted octanol–water partition coefficient (Wildman–Crippen LogP) is 0.731. The number of carbonyl (C=O) groups is 1. The van der Waals surface area contributed by atoms with E-state index in [1.54, 1.807) is 15.5 Å². The molecular weight excluding hydrogens is 286 g/mol. The maximum absolute atomic E-state index is 11.9. The summed E-state index contributed by atoms with van der Waals surface area (Å²) in [5, 5.41) is 0. The molecule has 3 heterocycles. The molecular formula is C15H17N3O4. The molecule has 0 aliphatic carbocycles. The molecule has 4 rings (SSSR count). The first-order valence-electron chi connectivity index (χ1n) is 7.46. The highest BCUT2D eigenvalue weighted by molar-refractivity contribution is 5.72. The van der Waals surface area contributed by atoms with Gasteiger partial charge in [0.25, 0.3) is 0 Å². The Kier molecular flexibility index (Phi) is 3.15. The molecule has 0 saturated carbocycles. The molecule has 1 aromatic carbocycles. The topological polar surface area (TPSA) is 67.9 Å². The van der Waals surface area contributed by atoms with Gasteiger partial charge >= 0.3 is 11.8 Å². The molecule has 2 saturated heterocycles. The van der Waals surface area contributed by atoms with Crippen molar-refractivity contribution in [1.29, 1.82) is 0 Å². The number of oxazole rings is 1. The molecule has 7 nitrogen and oxygen atoms in total. The van der Waals surface area contributed by atoms with Gasteiger partial charge in [0.1, 0.15) is 6.61 Å². The number of ether oxygens (including phenoxy) is 1. The van der Waals surface area contributed by atoms with Gasteiger partial charge in [-0.15, -0.1) is 0 Å². The Balaban J connectivity index is 1.45. The summed E-state index contributed by atoms with van der Waals surface area (Å²) in [5.74, 6) is -0.320. The quantitative estimate of drug-likeness (QED) is 0.836. The lowest BCUT2D eigenvalue weighted by molar-refractivity contribution is 0.117. The minimum Gasteiger partial charge on any atom is -0.447 e. The molecule has 2 fully saturated rings. The van der Waals surface area contributed by atoms with E-state index < -0.39 is 0 Å². The van der Waals surface area contributed by atoms with E-state index in [1.807, 2.05) is 18.2 Å². The zero-order valence-corrected chi connectivity index (χ0v) is 12.1. The van der Waals surface area contributed by atoms with Crippen molar-refractivity contribution in [2.75, 3.05) is 32.8 Å². The fourth-order valence-corrected chi connectivity index (χ4v) is 3.22. The van der Waals surface area contributed by atoms with Crippen LogP contribution in [0.15, 0.2) is 33.5 Å². The zero-order valence-electron chi connectivity index (χ0n) is 12.1. The van der Waals surface area contributed by atoms with E-state index in [4.69, 9.17) is 9.15 Å². The number of nitrogens with zero attached hydrogens (tertiary/aromatic N) is 3. The van der Waals surface area contributed by atoms with Crippen molar-refractivity contribution in [2.45, 2.75) is 12.6 Å². The van der Waals surface area contributed by atoms with Crippen LogP contribution >= 0.6 is 0 Å². The van der Waals surface area contributed by atoms with E-state index >= 15 is 0 Å². The summed E-state index contributed by atoms with van der Waals surface area (Å²) in [7, 11) is 0. The summed E-state index contributed by atoms with van der Waals surface area (Å²) < 4.78 is 12.0. The van der Waals surface area contributed by atoms with E-state index in [2.05, 4.69) is 4.90 Å². The second-order valence-corrected chi connectivity index (χ2v) is 5.71. The van der Waals surface area contributed by atoms with Crippen molar-refractivity contribution in [3.63, 3.8) is 0 Å². The molecule has 1 atom stereocenters. The van der Waals surface area contributed by atoms with Crippen molar-refractivity contribution < 1.29 is 13.9 Å². The van der Waals surface area contributed by atoms with Crippen LogP contribution in [0.3, 0.4) is 0 Å². The van der Waals surface area contributed by atoms with Gasteiger partial charge < -0.3 is 9.15 Å². The predicted molar refractivity (Wildman–Crippen MR) is 78.8 cm³/mol. The summed E-state index contributed by atoms with van der Waals surface area (Å²) in [6.07, 6.45) is -0.207. The summed E-state index contributed by atoms with van der Waals surface area (Å²) in [4.78, 5) is 27.5. The Labute approximate surface area is 126 Å². The van der Waals surface area contributed by atoms with Crippen LogP contribution in [0.25, 0.3) is 11.1 Å². The number of cyclic esters (lactones) is 1. The van der Waals surface area contributed by atoms with Crippen LogP contribution in [0.2, 0.25) is 0 Å². The van der Waals surface area contributed by atoms with Gasteiger partial charge in [-0.3, -0.25) is 14.4 Å². The first-order valence-corrected chi connectivity index (χ1v) is 7.46. The molecule has 0 radical (unpaired) electrons. The van der Waals surface area contributed by atoms with E-state index in [0.29, 0.717) is 25.3 Å². The van der Waals surface area contributed by atoms with Gasteiger partial charge in [-0.2, -0.15) is 0 Å². The molecule has 1 unspecified atom stereocenters. The molecule has 7 heteroatoms. The van der Waals surface area contributed by atoms with Gasteiger partial charge in [0.05, 0.1) is 11.6 Å². The van der Waals surface area contributed by atoms with Crippen molar-refractivity contribution in [3.8, 4) is 0 Å². The van der Waals surface area contributed by atoms with E-state index in [9.17, 15) is 9.59 Å². The molecule has 22 heavy (non-hydrogen) atoms. The maximum Gasteiger partial charge on any atom is 0.419 e. The second-order valence-electron chi connectivity index (χ2n) is 5.71. The van der Waals surface area contributed by atoms with Gasteiger partial charge in [0, 0.05) is 32.7 Å². The number of carbonyl (C=O) groups excluding carboxylic acids is 1. The zero-order chi connectivity index (χ0) is 15.1. The van der Waals surface area contributed by atoms with Gasteiger partial charge in [0.2, 0.25) is 0 Å². The largest absolute Gasteiger partial charge is 0.447 e. The third kappa shape index (κ3) is 2.18. The smallest absolute Gasteiger partial charge is 0.419 e. The third-order valence-electron chi connectivity index (χ3n) is 4.41. The Morgan fingerprint density at radius 2 is 2.00 bits per heavy atom. The number of piperazine rings is 1. The summed E-state index contributed by atoms with van der Waals surface area (Å²) in [5.41, 5.74) is 1.44. The number of rotatable bonds is 3. The number of aromatic nitrogens is 1. The molecule has 1 amide bonds. The first kappa shape index (κ1) is 13.4. The normalized spacial score (nSPS) is 22.1. The number of amides is 1. The minimum absolute atomic E-state index is 0.138. The van der Waals surface area contributed by atoms with E-state index in [-0.39, 0.29) is 17.9 Å². The van der Waals surface area contributed by atoms with E-state index in [0.717, 1.165) is 25.2 Å². The number of para-hydroxylation sites is 2. The van der Waals surface area contributed by atoms with Crippen molar-refractivity contribution in [2.24, 2.45) is 0 Å². The Morgan fingerprint density at radius 1 is 1.14 bits per heavy atom. The molecule has 1 aromatic heterocycles. The van der Waals surface area contributed by atoms with Crippen LogP contribution in [0.4, 0.5) is 4.79 Å². The van der Waals surface area contributed by atoms with Gasteiger partial charge in [-0.05, 0) is 12.1 Å². The Morgan fingerprint density at radius 3 is 2.91 bits per heavy atom. The lowest BCUT2D eigenvalue weighted by Crippen LogP contribution is -2.52. The van der Waals surface area contributed by atoms with Crippen molar-refractivity contribution in [1.82, 2.24) is 14.4 Å². The van der Waals surface area contributed by atoms with Crippen LogP contribution in [-0.2, 0) is 11.3 Å². The maximum atomic E-state index is 11.9. The van der Waals surface area contributed by atoms with Crippen LogP contribution in [0.5, 0.6) is 0 Å². The molecule has 0 bridgehead atoms. The van der Waals surface area contributed by atoms with Gasteiger partial charge in [0.15, 0.2) is 5.58 Å². The van der Waals surface area contributed by atoms with E-state index in [1.165, 1.54) is 0 Å². The number of hydrogen-bond acceptors (Lipinski definition) is 5. The van der Waals surface area contributed by atoms with Crippen LogP contribution in [-0.4, -0.2) is 59.3 Å². The molecule has 2 aromatic rings. The van der Waals surface area contributed by atoms with Crippen LogP contribution in [0.1, 0.15) is 0 Å². The van der Waals surface area contributed by atoms with Gasteiger partial charge in [-0.1, -0.05) is 12.1 Å². The standard InChI is InChI=1S/C15H17N3O4/c19-14-17-7-5-16(9-11(17)10-21-14)6-8-18-12-3-1-2-4-13(12)22-15(18)20/h1-4,11H,5-10H2. The molecule has 2 aliphatic heterocycles. The fraction of sp³-hybridized carbons (Fsp3) is 0.467. The average Bonchev–Trinajstić information content (AvgIpc) is 3.05. The summed E-state index contributed by atoms with van der Waals surface area (Å²) >= 11 is 0. The van der Waals surface area contributed by atoms with Crippen LogP contribution < -0.4 is 5.76 Å². The Hall–Kier alpha value is -2.28. The summed E-state index contributed by atoms with van der Waals surface area (Å²) in [6.45, 7) is 4.07. The molecule has 116 valence electrons. The summed E-state index contributed by atoms with van der Waals surface area (Å²) in [6, 6.07) is 7.58. The Bertz CT molecular complexity index is 765. The van der Waals surface area contributed by atoms with Gasteiger partial charge in [-0.25, -0.2) is 9.59 Å². The van der Waals surface area contributed by atoms with Crippen molar-refractivity contribution in [3.05, 3.63) is 34.8 Å².